The number of amides is 1. The molecule has 1 aromatic rings. The molecule has 2 rings (SSSR count). The molecule has 0 aliphatic carbocycles. The van der Waals surface area contributed by atoms with Gasteiger partial charge >= 0.3 is 0 Å². The van der Waals surface area contributed by atoms with E-state index in [1.54, 1.807) is 17.1 Å². The second-order valence-corrected chi connectivity index (χ2v) is 5.67. The zero-order valence-electron chi connectivity index (χ0n) is 11.4. The van der Waals surface area contributed by atoms with Crippen LogP contribution >= 0.6 is 15.9 Å². The van der Waals surface area contributed by atoms with Gasteiger partial charge in [0.2, 0.25) is 5.91 Å². The summed E-state index contributed by atoms with van der Waals surface area (Å²) in [6, 6.07) is 5.99. The van der Waals surface area contributed by atoms with Gasteiger partial charge in [-0.05, 0) is 30.2 Å². The second kappa shape index (κ2) is 7.02. The van der Waals surface area contributed by atoms with E-state index in [0.717, 1.165) is 10.0 Å². The molecule has 0 radical (unpaired) electrons. The Hall–Kier alpha value is -1.17. The summed E-state index contributed by atoms with van der Waals surface area (Å²) in [5, 5.41) is 9.07. The average Bonchev–Trinajstić information content (AvgIpc) is 2.46. The van der Waals surface area contributed by atoms with Gasteiger partial charge in [0.1, 0.15) is 0 Å². The highest BCUT2D eigenvalue weighted by atomic mass is 79.9. The largest absolute Gasteiger partial charge is 0.394 e. The molecule has 108 valence electrons. The van der Waals surface area contributed by atoms with Crippen molar-refractivity contribution in [3.8, 4) is 0 Å². The van der Waals surface area contributed by atoms with E-state index in [-0.39, 0.29) is 18.6 Å². The van der Waals surface area contributed by atoms with Crippen LogP contribution in [0.15, 0.2) is 28.7 Å². The van der Waals surface area contributed by atoms with Crippen LogP contribution in [-0.4, -0.2) is 48.3 Å². The summed E-state index contributed by atoms with van der Waals surface area (Å²) in [5.41, 5.74) is 2.13. The van der Waals surface area contributed by atoms with Crippen molar-refractivity contribution in [2.75, 3.05) is 26.3 Å². The normalized spacial score (nSPS) is 19.6. The molecule has 1 aliphatic heterocycles. The first-order valence-electron chi connectivity index (χ1n) is 6.55. The number of halogens is 1. The van der Waals surface area contributed by atoms with E-state index < -0.39 is 0 Å². The van der Waals surface area contributed by atoms with Crippen LogP contribution in [0, 0.1) is 6.92 Å². The molecule has 1 heterocycles. The molecule has 20 heavy (non-hydrogen) atoms. The van der Waals surface area contributed by atoms with Gasteiger partial charge in [-0.25, -0.2) is 0 Å². The summed E-state index contributed by atoms with van der Waals surface area (Å²) < 4.78 is 6.30. The second-order valence-electron chi connectivity index (χ2n) is 4.82. The van der Waals surface area contributed by atoms with Crippen molar-refractivity contribution >= 4 is 27.9 Å². The molecule has 0 aromatic heterocycles. The third kappa shape index (κ3) is 3.91. The molecule has 5 heteroatoms. The first-order chi connectivity index (χ1) is 9.60. The fraction of sp³-hybridized carbons (Fsp3) is 0.400. The molecule has 0 spiro atoms. The average molecular weight is 340 g/mol. The van der Waals surface area contributed by atoms with Crippen molar-refractivity contribution in [3.05, 3.63) is 39.9 Å². The lowest BCUT2D eigenvalue weighted by atomic mass is 10.1. The standard InChI is InChI=1S/C15H18BrNO3/c1-11-2-3-12(14(16)8-11)4-5-15(19)17-6-7-20-13(9-17)10-18/h2-5,8,13,18H,6-7,9-10H2,1H3/b5-4+. The molecule has 1 aliphatic rings. The zero-order chi connectivity index (χ0) is 14.5. The Kier molecular flexibility index (Phi) is 5.34. The molecule has 0 saturated carbocycles. The number of aliphatic hydroxyl groups excluding tert-OH is 1. The van der Waals surface area contributed by atoms with Gasteiger partial charge in [0, 0.05) is 23.6 Å². The number of carbonyl (C=O) groups excluding carboxylic acids is 1. The van der Waals surface area contributed by atoms with E-state index in [0.29, 0.717) is 19.7 Å². The molecule has 1 fully saturated rings. The Balaban J connectivity index is 2.01. The molecule has 1 unspecified atom stereocenters. The van der Waals surface area contributed by atoms with Gasteiger partial charge in [-0.15, -0.1) is 0 Å². The highest BCUT2D eigenvalue weighted by molar-refractivity contribution is 9.10. The number of hydrogen-bond donors (Lipinski definition) is 1. The molecule has 1 amide bonds. The van der Waals surface area contributed by atoms with Crippen molar-refractivity contribution in [1.82, 2.24) is 4.90 Å². The number of nitrogens with zero attached hydrogens (tertiary/aromatic N) is 1. The number of benzene rings is 1. The SMILES string of the molecule is Cc1ccc(/C=C/C(=O)N2CCOC(CO)C2)c(Br)c1. The van der Waals surface area contributed by atoms with E-state index in [4.69, 9.17) is 9.84 Å². The Bertz CT molecular complexity index is 516. The van der Waals surface area contributed by atoms with Crippen molar-refractivity contribution in [1.29, 1.82) is 0 Å². The lowest BCUT2D eigenvalue weighted by Crippen LogP contribution is -2.46. The number of rotatable bonds is 3. The maximum Gasteiger partial charge on any atom is 0.246 e. The fourth-order valence-electron chi connectivity index (χ4n) is 2.06. The lowest BCUT2D eigenvalue weighted by molar-refractivity contribution is -0.134. The molecule has 1 aromatic carbocycles. The molecule has 0 bridgehead atoms. The Morgan fingerprint density at radius 2 is 2.40 bits per heavy atom. The molecule has 1 atom stereocenters. The minimum absolute atomic E-state index is 0.0563. The molecular formula is C15H18BrNO3. The predicted molar refractivity (Wildman–Crippen MR) is 81.3 cm³/mol. The minimum atomic E-state index is -0.271. The first-order valence-corrected chi connectivity index (χ1v) is 7.35. The Labute approximate surface area is 127 Å². The van der Waals surface area contributed by atoms with Crippen LogP contribution in [0.25, 0.3) is 6.08 Å². The van der Waals surface area contributed by atoms with Crippen LogP contribution in [0.5, 0.6) is 0 Å². The van der Waals surface area contributed by atoms with E-state index in [2.05, 4.69) is 15.9 Å². The molecule has 1 saturated heterocycles. The molecule has 1 N–H and O–H groups in total. The van der Waals surface area contributed by atoms with Gasteiger partial charge in [0.15, 0.2) is 0 Å². The van der Waals surface area contributed by atoms with Crippen molar-refractivity contribution in [2.45, 2.75) is 13.0 Å². The molecule has 4 nitrogen and oxygen atoms in total. The van der Waals surface area contributed by atoms with Crippen LogP contribution < -0.4 is 0 Å². The van der Waals surface area contributed by atoms with Crippen molar-refractivity contribution < 1.29 is 14.6 Å². The van der Waals surface area contributed by atoms with Crippen LogP contribution in [0.2, 0.25) is 0 Å². The summed E-state index contributed by atoms with van der Waals surface area (Å²) in [7, 11) is 0. The third-order valence-corrected chi connectivity index (χ3v) is 3.90. The topological polar surface area (TPSA) is 49.8 Å². The summed E-state index contributed by atoms with van der Waals surface area (Å²) in [6.07, 6.45) is 3.09. The summed E-state index contributed by atoms with van der Waals surface area (Å²) in [6.45, 7) is 3.44. The van der Waals surface area contributed by atoms with Crippen molar-refractivity contribution in [3.63, 3.8) is 0 Å². The summed E-state index contributed by atoms with van der Waals surface area (Å²) in [4.78, 5) is 13.8. The summed E-state index contributed by atoms with van der Waals surface area (Å²) >= 11 is 3.48. The smallest absolute Gasteiger partial charge is 0.246 e. The number of carbonyl (C=O) groups is 1. The number of aryl methyl sites for hydroxylation is 1. The van der Waals surface area contributed by atoms with Crippen LogP contribution in [-0.2, 0) is 9.53 Å². The van der Waals surface area contributed by atoms with Gasteiger partial charge in [-0.3, -0.25) is 4.79 Å². The van der Waals surface area contributed by atoms with Gasteiger partial charge < -0.3 is 14.7 Å². The Morgan fingerprint density at radius 1 is 1.60 bits per heavy atom. The summed E-state index contributed by atoms with van der Waals surface area (Å²) in [5.74, 6) is -0.0563. The number of morpholine rings is 1. The highest BCUT2D eigenvalue weighted by Gasteiger charge is 2.22. The van der Waals surface area contributed by atoms with Gasteiger partial charge in [0.25, 0.3) is 0 Å². The highest BCUT2D eigenvalue weighted by Crippen LogP contribution is 2.19. The quantitative estimate of drug-likeness (QED) is 0.857. The maximum atomic E-state index is 12.1. The lowest BCUT2D eigenvalue weighted by Gasteiger charge is -2.31. The predicted octanol–water partition coefficient (Wildman–Crippen LogP) is 1.99. The van der Waals surface area contributed by atoms with Crippen LogP contribution in [0.1, 0.15) is 11.1 Å². The number of aliphatic hydroxyl groups is 1. The van der Waals surface area contributed by atoms with Gasteiger partial charge in [-0.1, -0.05) is 28.1 Å². The number of hydrogen-bond acceptors (Lipinski definition) is 3. The van der Waals surface area contributed by atoms with Crippen LogP contribution in [0.4, 0.5) is 0 Å². The van der Waals surface area contributed by atoms with E-state index in [9.17, 15) is 4.79 Å². The number of ether oxygens (including phenoxy) is 1. The van der Waals surface area contributed by atoms with E-state index in [1.807, 2.05) is 25.1 Å². The van der Waals surface area contributed by atoms with Gasteiger partial charge in [-0.2, -0.15) is 0 Å². The van der Waals surface area contributed by atoms with Gasteiger partial charge in [0.05, 0.1) is 19.3 Å². The minimum Gasteiger partial charge on any atom is -0.394 e. The van der Waals surface area contributed by atoms with E-state index in [1.165, 1.54) is 5.56 Å². The van der Waals surface area contributed by atoms with E-state index >= 15 is 0 Å². The Morgan fingerprint density at radius 3 is 3.10 bits per heavy atom. The monoisotopic (exact) mass is 339 g/mol. The zero-order valence-corrected chi connectivity index (χ0v) is 13.0. The maximum absolute atomic E-state index is 12.1. The third-order valence-electron chi connectivity index (χ3n) is 3.22. The van der Waals surface area contributed by atoms with Crippen LogP contribution in [0.3, 0.4) is 0 Å². The van der Waals surface area contributed by atoms with Crippen molar-refractivity contribution in [2.24, 2.45) is 0 Å². The fourth-order valence-corrected chi connectivity index (χ4v) is 2.69. The molecular weight excluding hydrogens is 322 g/mol. The first kappa shape index (κ1) is 15.2.